The van der Waals surface area contributed by atoms with Crippen LogP contribution in [0.5, 0.6) is 5.75 Å². The number of hydrogen-bond donors (Lipinski definition) is 1. The predicted octanol–water partition coefficient (Wildman–Crippen LogP) is 3.82. The Bertz CT molecular complexity index is 394. The van der Waals surface area contributed by atoms with Crippen molar-refractivity contribution in [2.75, 3.05) is 7.11 Å². The third kappa shape index (κ3) is 3.26. The molecule has 0 saturated heterocycles. The summed E-state index contributed by atoms with van der Waals surface area (Å²) in [5.41, 5.74) is 2.87. The van der Waals surface area contributed by atoms with Crippen LogP contribution in [-0.4, -0.2) is 12.6 Å². The minimum absolute atomic E-state index is 0.313. The van der Waals surface area contributed by atoms with Gasteiger partial charge in [-0.15, -0.1) is 0 Å². The molecule has 100 valence electrons. The molecule has 1 fully saturated rings. The first-order chi connectivity index (χ1) is 8.63. The van der Waals surface area contributed by atoms with Crippen LogP contribution < -0.4 is 10.1 Å². The van der Waals surface area contributed by atoms with E-state index in [4.69, 9.17) is 4.74 Å². The molecule has 0 heterocycles. The SMILES string of the molecule is COc1ccc(C)cc1CNC1(C)CCCCC1. The fraction of sp³-hybridized carbons (Fsp3) is 0.625. The van der Waals surface area contributed by atoms with E-state index in [1.807, 2.05) is 0 Å². The minimum Gasteiger partial charge on any atom is -0.496 e. The van der Waals surface area contributed by atoms with Gasteiger partial charge in [0, 0.05) is 17.6 Å². The molecule has 0 atom stereocenters. The smallest absolute Gasteiger partial charge is 0.123 e. The number of nitrogens with one attached hydrogen (secondary N) is 1. The van der Waals surface area contributed by atoms with Crippen LogP contribution in [0.2, 0.25) is 0 Å². The van der Waals surface area contributed by atoms with E-state index in [0.29, 0.717) is 5.54 Å². The van der Waals surface area contributed by atoms with Crippen LogP contribution in [0.15, 0.2) is 18.2 Å². The molecule has 1 N–H and O–H groups in total. The lowest BCUT2D eigenvalue weighted by molar-refractivity contribution is 0.251. The molecule has 2 nitrogen and oxygen atoms in total. The highest BCUT2D eigenvalue weighted by Crippen LogP contribution is 2.28. The van der Waals surface area contributed by atoms with Gasteiger partial charge in [-0.05, 0) is 32.8 Å². The van der Waals surface area contributed by atoms with Crippen LogP contribution >= 0.6 is 0 Å². The van der Waals surface area contributed by atoms with Crippen molar-refractivity contribution in [2.24, 2.45) is 0 Å². The van der Waals surface area contributed by atoms with Gasteiger partial charge in [-0.25, -0.2) is 0 Å². The Hall–Kier alpha value is -1.02. The average Bonchev–Trinajstić information content (AvgIpc) is 2.38. The van der Waals surface area contributed by atoms with Crippen molar-refractivity contribution in [2.45, 2.75) is 58.0 Å². The zero-order valence-corrected chi connectivity index (χ0v) is 11.9. The molecular formula is C16H25NO. The monoisotopic (exact) mass is 247 g/mol. The summed E-state index contributed by atoms with van der Waals surface area (Å²) in [5, 5.41) is 3.74. The molecule has 0 radical (unpaired) electrons. The fourth-order valence-electron chi connectivity index (χ4n) is 2.86. The molecule has 0 amide bonds. The van der Waals surface area contributed by atoms with Gasteiger partial charge in [-0.1, -0.05) is 37.0 Å². The molecule has 0 unspecified atom stereocenters. The van der Waals surface area contributed by atoms with Gasteiger partial charge in [-0.3, -0.25) is 0 Å². The molecule has 1 aromatic carbocycles. The molecule has 0 aromatic heterocycles. The molecule has 1 aliphatic rings. The summed E-state index contributed by atoms with van der Waals surface area (Å²) in [6, 6.07) is 6.39. The highest BCUT2D eigenvalue weighted by atomic mass is 16.5. The van der Waals surface area contributed by atoms with E-state index in [-0.39, 0.29) is 0 Å². The second kappa shape index (κ2) is 5.75. The van der Waals surface area contributed by atoms with Gasteiger partial charge >= 0.3 is 0 Å². The number of rotatable bonds is 4. The lowest BCUT2D eigenvalue weighted by Gasteiger charge is -2.35. The van der Waals surface area contributed by atoms with Crippen LogP contribution in [0, 0.1) is 6.92 Å². The standard InChI is InChI=1S/C16H25NO/c1-13-7-8-15(18-3)14(11-13)12-17-16(2)9-5-4-6-10-16/h7-8,11,17H,4-6,9-10,12H2,1-3H3. The Kier molecular flexibility index (Phi) is 4.28. The van der Waals surface area contributed by atoms with Crippen LogP contribution in [0.1, 0.15) is 50.2 Å². The molecule has 1 saturated carbocycles. The van der Waals surface area contributed by atoms with Crippen LogP contribution in [0.25, 0.3) is 0 Å². The van der Waals surface area contributed by atoms with E-state index in [1.165, 1.54) is 43.2 Å². The minimum atomic E-state index is 0.313. The quantitative estimate of drug-likeness (QED) is 0.873. The first-order valence-electron chi connectivity index (χ1n) is 7.01. The van der Waals surface area contributed by atoms with Crippen molar-refractivity contribution in [3.05, 3.63) is 29.3 Å². The number of benzene rings is 1. The van der Waals surface area contributed by atoms with Gasteiger partial charge in [0.1, 0.15) is 5.75 Å². The third-order valence-electron chi connectivity index (χ3n) is 4.10. The van der Waals surface area contributed by atoms with Gasteiger partial charge in [-0.2, -0.15) is 0 Å². The molecule has 0 aliphatic heterocycles. The second-order valence-corrected chi connectivity index (χ2v) is 5.79. The lowest BCUT2D eigenvalue weighted by Crippen LogP contribution is -2.43. The van der Waals surface area contributed by atoms with Crippen molar-refractivity contribution >= 4 is 0 Å². The lowest BCUT2D eigenvalue weighted by atomic mass is 9.83. The number of ether oxygens (including phenoxy) is 1. The largest absolute Gasteiger partial charge is 0.496 e. The maximum Gasteiger partial charge on any atom is 0.123 e. The summed E-state index contributed by atoms with van der Waals surface area (Å²) >= 11 is 0. The summed E-state index contributed by atoms with van der Waals surface area (Å²) in [6.07, 6.45) is 6.69. The van der Waals surface area contributed by atoms with E-state index in [9.17, 15) is 0 Å². The third-order valence-corrected chi connectivity index (χ3v) is 4.10. The highest BCUT2D eigenvalue weighted by Gasteiger charge is 2.25. The van der Waals surface area contributed by atoms with Gasteiger partial charge in [0.15, 0.2) is 0 Å². The van der Waals surface area contributed by atoms with Crippen LogP contribution in [0.3, 0.4) is 0 Å². The molecule has 1 aromatic rings. The molecule has 2 heteroatoms. The van der Waals surface area contributed by atoms with E-state index < -0.39 is 0 Å². The molecule has 2 rings (SSSR count). The Balaban J connectivity index is 2.02. The van der Waals surface area contributed by atoms with Crippen LogP contribution in [0.4, 0.5) is 0 Å². The van der Waals surface area contributed by atoms with Gasteiger partial charge in [0.25, 0.3) is 0 Å². The van der Waals surface area contributed by atoms with E-state index in [1.54, 1.807) is 7.11 Å². The van der Waals surface area contributed by atoms with E-state index in [2.05, 4.69) is 37.4 Å². The summed E-state index contributed by atoms with van der Waals surface area (Å²) in [7, 11) is 1.75. The first-order valence-corrected chi connectivity index (χ1v) is 7.01. The Morgan fingerprint density at radius 3 is 2.61 bits per heavy atom. The fourth-order valence-corrected chi connectivity index (χ4v) is 2.86. The average molecular weight is 247 g/mol. The van der Waals surface area contributed by atoms with Gasteiger partial charge in [0.2, 0.25) is 0 Å². The van der Waals surface area contributed by atoms with E-state index >= 15 is 0 Å². The molecule has 1 aliphatic carbocycles. The molecule has 0 spiro atoms. The molecule has 0 bridgehead atoms. The zero-order chi connectivity index (χ0) is 13.0. The number of aryl methyl sites for hydroxylation is 1. The maximum atomic E-state index is 5.43. The topological polar surface area (TPSA) is 21.3 Å². The van der Waals surface area contributed by atoms with Crippen molar-refractivity contribution in [3.8, 4) is 5.75 Å². The predicted molar refractivity (Wildman–Crippen MR) is 76.1 cm³/mol. The second-order valence-electron chi connectivity index (χ2n) is 5.79. The van der Waals surface area contributed by atoms with Crippen LogP contribution in [-0.2, 0) is 6.54 Å². The van der Waals surface area contributed by atoms with Crippen molar-refractivity contribution in [1.29, 1.82) is 0 Å². The van der Waals surface area contributed by atoms with Gasteiger partial charge in [0.05, 0.1) is 7.11 Å². The zero-order valence-electron chi connectivity index (χ0n) is 11.9. The normalized spacial score (nSPS) is 18.6. The highest BCUT2D eigenvalue weighted by molar-refractivity contribution is 5.36. The summed E-state index contributed by atoms with van der Waals surface area (Å²) in [4.78, 5) is 0. The van der Waals surface area contributed by atoms with Crippen molar-refractivity contribution in [1.82, 2.24) is 5.32 Å². The Labute approximate surface area is 111 Å². The number of methoxy groups -OCH3 is 1. The molecular weight excluding hydrogens is 222 g/mol. The first kappa shape index (κ1) is 13.4. The van der Waals surface area contributed by atoms with Crippen molar-refractivity contribution < 1.29 is 4.74 Å². The number of hydrogen-bond acceptors (Lipinski definition) is 2. The summed E-state index contributed by atoms with van der Waals surface area (Å²) in [5.74, 6) is 0.993. The summed E-state index contributed by atoms with van der Waals surface area (Å²) in [6.45, 7) is 5.39. The summed E-state index contributed by atoms with van der Waals surface area (Å²) < 4.78 is 5.43. The Morgan fingerprint density at radius 2 is 1.94 bits per heavy atom. The van der Waals surface area contributed by atoms with Crippen molar-refractivity contribution in [3.63, 3.8) is 0 Å². The van der Waals surface area contributed by atoms with Gasteiger partial charge < -0.3 is 10.1 Å². The Morgan fingerprint density at radius 1 is 1.22 bits per heavy atom. The maximum absolute atomic E-state index is 5.43. The molecule has 18 heavy (non-hydrogen) atoms. The van der Waals surface area contributed by atoms with E-state index in [0.717, 1.165) is 12.3 Å².